The number of aliphatic imine (C=N–C) groups is 1. The van der Waals surface area contributed by atoms with Crippen molar-refractivity contribution in [2.75, 3.05) is 37.0 Å². The largest absolute Gasteiger partial charge is 0.398 e. The Labute approximate surface area is 161 Å². The number of anilines is 3. The number of nitrogens with zero attached hydrogens (tertiary/aromatic N) is 5. The summed E-state index contributed by atoms with van der Waals surface area (Å²) in [5, 5.41) is 35.7. The molecule has 1 aliphatic heterocycles. The van der Waals surface area contributed by atoms with E-state index in [1.807, 2.05) is 0 Å². The van der Waals surface area contributed by atoms with Gasteiger partial charge < -0.3 is 27.4 Å². The van der Waals surface area contributed by atoms with Gasteiger partial charge in [-0.3, -0.25) is 5.41 Å². The molecular formula is C17H23N9O2. The second-order valence-corrected chi connectivity index (χ2v) is 6.23. The summed E-state index contributed by atoms with van der Waals surface area (Å²) in [6, 6.07) is 3.36. The fourth-order valence-electron chi connectivity index (χ4n) is 2.81. The van der Waals surface area contributed by atoms with E-state index in [-0.39, 0.29) is 25.6 Å². The molecule has 0 bridgehead atoms. The Morgan fingerprint density at radius 2 is 1.79 bits per heavy atom. The average molecular weight is 385 g/mol. The van der Waals surface area contributed by atoms with Gasteiger partial charge in [0.1, 0.15) is 11.5 Å². The van der Waals surface area contributed by atoms with E-state index in [0.717, 1.165) is 11.1 Å². The SMILES string of the molecule is N=C1C(=Nc2cc(Cc3cnn(CCO)c3N)c(N)cc2N)C=NN1CCO. The third kappa shape index (κ3) is 3.80. The number of nitrogens with one attached hydrogen (secondary N) is 1. The van der Waals surface area contributed by atoms with E-state index in [2.05, 4.69) is 15.2 Å². The summed E-state index contributed by atoms with van der Waals surface area (Å²) in [4.78, 5) is 4.43. The minimum absolute atomic E-state index is 0.0578. The number of amidine groups is 1. The highest BCUT2D eigenvalue weighted by molar-refractivity contribution is 6.63. The van der Waals surface area contributed by atoms with Crippen LogP contribution in [0.25, 0.3) is 0 Å². The smallest absolute Gasteiger partial charge is 0.169 e. The number of aliphatic hydroxyl groups is 2. The van der Waals surface area contributed by atoms with Gasteiger partial charge in [0.05, 0.1) is 50.1 Å². The van der Waals surface area contributed by atoms with Crippen molar-refractivity contribution in [1.82, 2.24) is 14.8 Å². The minimum Gasteiger partial charge on any atom is -0.398 e. The zero-order valence-corrected chi connectivity index (χ0v) is 15.2. The predicted octanol–water partition coefficient (Wildman–Crippen LogP) is -0.444. The lowest BCUT2D eigenvalue weighted by molar-refractivity contribution is 0.255. The molecule has 0 unspecified atom stereocenters. The van der Waals surface area contributed by atoms with Gasteiger partial charge in [0.25, 0.3) is 0 Å². The van der Waals surface area contributed by atoms with Gasteiger partial charge in [0.2, 0.25) is 0 Å². The number of hydrazone groups is 1. The van der Waals surface area contributed by atoms with Gasteiger partial charge in [-0.2, -0.15) is 10.2 Å². The molecule has 0 spiro atoms. The van der Waals surface area contributed by atoms with Crippen LogP contribution < -0.4 is 17.2 Å². The molecule has 1 aromatic carbocycles. The number of hydrogen-bond acceptors (Lipinski definition) is 9. The van der Waals surface area contributed by atoms with E-state index in [0.29, 0.717) is 41.6 Å². The van der Waals surface area contributed by atoms with Crippen molar-refractivity contribution in [2.24, 2.45) is 10.1 Å². The summed E-state index contributed by atoms with van der Waals surface area (Å²) in [5.41, 5.74) is 21.4. The Hall–Kier alpha value is -3.44. The first-order valence-electron chi connectivity index (χ1n) is 8.63. The van der Waals surface area contributed by atoms with Crippen LogP contribution in [0.4, 0.5) is 22.9 Å². The Bertz CT molecular complexity index is 948. The van der Waals surface area contributed by atoms with Crippen LogP contribution in [0.5, 0.6) is 0 Å². The average Bonchev–Trinajstić information content (AvgIpc) is 3.17. The summed E-state index contributed by atoms with van der Waals surface area (Å²) >= 11 is 0. The Morgan fingerprint density at radius 3 is 2.50 bits per heavy atom. The summed E-state index contributed by atoms with van der Waals surface area (Å²) in [6.45, 7) is 0.353. The number of nitrogen functional groups attached to an aromatic ring is 3. The third-order valence-electron chi connectivity index (χ3n) is 4.31. The van der Waals surface area contributed by atoms with Crippen LogP contribution in [0.1, 0.15) is 11.1 Å². The maximum atomic E-state index is 9.05. The number of hydrogen-bond donors (Lipinski definition) is 6. The molecular weight excluding hydrogens is 362 g/mol. The van der Waals surface area contributed by atoms with Crippen LogP contribution >= 0.6 is 0 Å². The van der Waals surface area contributed by atoms with Gasteiger partial charge in [-0.1, -0.05) is 0 Å². The molecule has 1 aromatic heterocycles. The molecule has 2 heterocycles. The lowest BCUT2D eigenvalue weighted by atomic mass is 10.0. The van der Waals surface area contributed by atoms with Crippen molar-refractivity contribution < 1.29 is 10.2 Å². The second-order valence-electron chi connectivity index (χ2n) is 6.23. The van der Waals surface area contributed by atoms with Crippen molar-refractivity contribution >= 4 is 40.6 Å². The first-order chi connectivity index (χ1) is 13.4. The molecule has 0 amide bonds. The molecule has 1 aliphatic rings. The van der Waals surface area contributed by atoms with E-state index >= 15 is 0 Å². The highest BCUT2D eigenvalue weighted by Crippen LogP contribution is 2.31. The van der Waals surface area contributed by atoms with Gasteiger partial charge in [-0.15, -0.1) is 0 Å². The molecule has 0 fully saturated rings. The molecule has 28 heavy (non-hydrogen) atoms. The van der Waals surface area contributed by atoms with Crippen LogP contribution in [0.3, 0.4) is 0 Å². The zero-order valence-electron chi connectivity index (χ0n) is 15.2. The molecule has 11 nitrogen and oxygen atoms in total. The molecule has 3 rings (SSSR count). The molecule has 0 radical (unpaired) electrons. The van der Waals surface area contributed by atoms with E-state index < -0.39 is 0 Å². The molecule has 9 N–H and O–H groups in total. The lowest BCUT2D eigenvalue weighted by Gasteiger charge is -2.12. The quantitative estimate of drug-likeness (QED) is 0.348. The number of aliphatic hydroxyl groups excluding tert-OH is 2. The van der Waals surface area contributed by atoms with Gasteiger partial charge >= 0.3 is 0 Å². The fourth-order valence-corrected chi connectivity index (χ4v) is 2.81. The third-order valence-corrected chi connectivity index (χ3v) is 4.31. The molecule has 0 atom stereocenters. The van der Waals surface area contributed by atoms with Crippen molar-refractivity contribution in [3.63, 3.8) is 0 Å². The molecule has 0 saturated heterocycles. The van der Waals surface area contributed by atoms with Crippen LogP contribution in [-0.4, -0.2) is 62.5 Å². The maximum absolute atomic E-state index is 9.05. The summed E-state index contributed by atoms with van der Waals surface area (Å²) in [5.74, 6) is 0.545. The summed E-state index contributed by atoms with van der Waals surface area (Å²) in [6.07, 6.45) is 3.51. The monoisotopic (exact) mass is 385 g/mol. The second kappa shape index (κ2) is 8.06. The standard InChI is InChI=1S/C17H23N9O2/c18-12-7-13(19)14(24-15-9-23-26(2-4-28)17(15)21)6-10(12)5-11-8-22-25(1-3-27)16(11)20/h6-9,21,27-28H,1-5,18-20H2. The van der Waals surface area contributed by atoms with Crippen molar-refractivity contribution in [3.05, 3.63) is 29.5 Å². The van der Waals surface area contributed by atoms with Crippen molar-refractivity contribution in [3.8, 4) is 0 Å². The molecule has 0 aliphatic carbocycles. The van der Waals surface area contributed by atoms with Crippen molar-refractivity contribution in [1.29, 1.82) is 5.41 Å². The first kappa shape index (κ1) is 19.3. The van der Waals surface area contributed by atoms with Crippen LogP contribution in [0, 0.1) is 5.41 Å². The predicted molar refractivity (Wildman–Crippen MR) is 109 cm³/mol. The number of aromatic nitrogens is 2. The Balaban J connectivity index is 1.89. The fraction of sp³-hybridized carbons (Fsp3) is 0.294. The van der Waals surface area contributed by atoms with Gasteiger partial charge in [0, 0.05) is 17.7 Å². The van der Waals surface area contributed by atoms with Gasteiger partial charge in [-0.05, 0) is 17.7 Å². The maximum Gasteiger partial charge on any atom is 0.169 e. The van der Waals surface area contributed by atoms with Gasteiger partial charge in [-0.25, -0.2) is 14.7 Å². The Kier molecular flexibility index (Phi) is 5.57. The van der Waals surface area contributed by atoms with Crippen molar-refractivity contribution in [2.45, 2.75) is 13.0 Å². The van der Waals surface area contributed by atoms with Crippen LogP contribution in [0.15, 0.2) is 28.4 Å². The van der Waals surface area contributed by atoms with Crippen LogP contribution in [-0.2, 0) is 13.0 Å². The first-order valence-corrected chi connectivity index (χ1v) is 8.63. The van der Waals surface area contributed by atoms with Crippen LogP contribution in [0.2, 0.25) is 0 Å². The molecule has 11 heteroatoms. The van der Waals surface area contributed by atoms with E-state index in [1.54, 1.807) is 18.3 Å². The Morgan fingerprint density at radius 1 is 1.04 bits per heavy atom. The minimum atomic E-state index is -0.119. The molecule has 148 valence electrons. The number of benzene rings is 1. The highest BCUT2D eigenvalue weighted by Gasteiger charge is 2.20. The number of β-amino-alcohol motifs (C(OH)–C–C–N with tert-alkyl or cyclic N) is 1. The molecule has 2 aromatic rings. The van der Waals surface area contributed by atoms with E-state index in [1.165, 1.54) is 15.9 Å². The normalized spacial score (nSPS) is 15.1. The lowest BCUT2D eigenvalue weighted by Crippen LogP contribution is -2.28. The topological polar surface area (TPSA) is 188 Å². The zero-order chi connectivity index (χ0) is 20.3. The molecule has 0 saturated carbocycles. The highest BCUT2D eigenvalue weighted by atomic mass is 16.3. The number of rotatable bonds is 7. The summed E-state index contributed by atoms with van der Waals surface area (Å²) < 4.78 is 1.52. The van der Waals surface area contributed by atoms with E-state index in [4.69, 9.17) is 32.8 Å². The number of nitrogens with two attached hydrogens (primary N) is 3. The van der Waals surface area contributed by atoms with E-state index in [9.17, 15) is 0 Å². The van der Waals surface area contributed by atoms with Gasteiger partial charge in [0.15, 0.2) is 5.84 Å². The summed E-state index contributed by atoms with van der Waals surface area (Å²) in [7, 11) is 0.